The summed E-state index contributed by atoms with van der Waals surface area (Å²) in [6.07, 6.45) is 2.14. The Morgan fingerprint density at radius 2 is 1.50 bits per heavy atom. The van der Waals surface area contributed by atoms with E-state index < -0.39 is 0 Å². The Hall–Kier alpha value is -4.36. The fourth-order valence-corrected chi connectivity index (χ4v) is 6.01. The fraction of sp³-hybridized carbons (Fsp3) is 0.273. The third-order valence-electron chi connectivity index (χ3n) is 7.98. The van der Waals surface area contributed by atoms with Crippen LogP contribution in [-0.2, 0) is 4.79 Å². The molecule has 0 aliphatic carbocycles. The number of nitrogens with zero attached hydrogens (tertiary/aromatic N) is 4. The molecule has 1 aromatic heterocycles. The quantitative estimate of drug-likeness (QED) is 0.322. The summed E-state index contributed by atoms with van der Waals surface area (Å²) in [4.78, 5) is 36.0. The number of hydrogen-bond acceptors (Lipinski definition) is 5. The molecule has 40 heavy (non-hydrogen) atoms. The zero-order valence-electron chi connectivity index (χ0n) is 22.7. The summed E-state index contributed by atoms with van der Waals surface area (Å²) in [5.41, 5.74) is 3.87. The third kappa shape index (κ3) is 5.12. The number of piperazine rings is 1. The summed E-state index contributed by atoms with van der Waals surface area (Å²) in [5.74, 6) is 0.209. The second-order valence-electron chi connectivity index (χ2n) is 10.5. The van der Waals surface area contributed by atoms with E-state index in [4.69, 9.17) is 4.42 Å². The van der Waals surface area contributed by atoms with E-state index in [0.717, 1.165) is 43.1 Å². The lowest BCUT2D eigenvalue weighted by molar-refractivity contribution is -0.120. The minimum atomic E-state index is -0.202. The van der Waals surface area contributed by atoms with E-state index in [9.17, 15) is 9.59 Å². The first-order valence-corrected chi connectivity index (χ1v) is 14.0. The van der Waals surface area contributed by atoms with Crippen molar-refractivity contribution < 1.29 is 14.0 Å². The fourth-order valence-electron chi connectivity index (χ4n) is 6.01. The Bertz CT molecular complexity index is 1430. The molecule has 7 heteroatoms. The molecule has 204 valence electrons. The first-order valence-electron chi connectivity index (χ1n) is 14.0. The van der Waals surface area contributed by atoms with Crippen LogP contribution in [0.3, 0.4) is 0 Å². The van der Waals surface area contributed by atoms with Crippen LogP contribution in [0.2, 0.25) is 0 Å². The highest BCUT2D eigenvalue weighted by Gasteiger charge is 2.39. The van der Waals surface area contributed by atoms with Crippen LogP contribution in [0.1, 0.15) is 35.5 Å². The van der Waals surface area contributed by atoms with Gasteiger partial charge < -0.3 is 19.1 Å². The Labute approximate surface area is 235 Å². The molecule has 4 aromatic rings. The second-order valence-corrected chi connectivity index (χ2v) is 10.5. The SMILES string of the molecule is C[C@@H]1C[C@@H](N(C(=O)CN2CCN(c3ccccc3)CC2)c2ccccc2)c2ccccc2N1C(=O)c1ccco1. The van der Waals surface area contributed by atoms with Crippen LogP contribution in [0, 0.1) is 0 Å². The Morgan fingerprint density at radius 1 is 0.825 bits per heavy atom. The van der Waals surface area contributed by atoms with Gasteiger partial charge in [0.1, 0.15) is 0 Å². The van der Waals surface area contributed by atoms with Crippen LogP contribution in [0.15, 0.2) is 108 Å². The van der Waals surface area contributed by atoms with E-state index in [0.29, 0.717) is 18.7 Å². The molecule has 0 unspecified atom stereocenters. The number of carbonyl (C=O) groups excluding carboxylic acids is 2. The van der Waals surface area contributed by atoms with Crippen molar-refractivity contribution in [3.63, 3.8) is 0 Å². The smallest absolute Gasteiger partial charge is 0.294 e. The molecule has 0 radical (unpaired) electrons. The molecule has 6 rings (SSSR count). The van der Waals surface area contributed by atoms with Crippen molar-refractivity contribution in [1.29, 1.82) is 0 Å². The second kappa shape index (κ2) is 11.4. The number of fused-ring (bicyclic) bond motifs is 1. The monoisotopic (exact) mass is 534 g/mol. The minimum Gasteiger partial charge on any atom is -0.459 e. The highest BCUT2D eigenvalue weighted by Crippen LogP contribution is 2.42. The number of anilines is 3. The van der Waals surface area contributed by atoms with Gasteiger partial charge in [0.2, 0.25) is 5.91 Å². The molecule has 0 saturated carbocycles. The van der Waals surface area contributed by atoms with Crippen molar-refractivity contribution >= 4 is 28.9 Å². The minimum absolute atomic E-state index is 0.0668. The normalized spacial score (nSPS) is 19.2. The average Bonchev–Trinajstić information content (AvgIpc) is 3.54. The first kappa shape index (κ1) is 25.9. The number of para-hydroxylation sites is 3. The molecule has 2 atom stereocenters. The Kier molecular flexibility index (Phi) is 7.38. The van der Waals surface area contributed by atoms with Crippen molar-refractivity contribution in [3.05, 3.63) is 115 Å². The van der Waals surface area contributed by atoms with Crippen LogP contribution in [0.25, 0.3) is 0 Å². The maximum absolute atomic E-state index is 14.2. The van der Waals surface area contributed by atoms with Crippen molar-refractivity contribution in [2.24, 2.45) is 0 Å². The standard InChI is InChI=1S/C33H34N4O3/c1-25-23-30(28-15-8-9-16-29(28)36(25)33(39)31-17-10-22-40-31)37(27-13-6-3-7-14-27)32(38)24-34-18-20-35(21-19-34)26-11-4-2-5-12-26/h2-17,22,25,30H,18-21,23-24H2,1H3/t25-,30-/m1/s1. The molecule has 2 amide bonds. The molecule has 7 nitrogen and oxygen atoms in total. The summed E-state index contributed by atoms with van der Waals surface area (Å²) < 4.78 is 5.45. The topological polar surface area (TPSA) is 60.2 Å². The van der Waals surface area contributed by atoms with Gasteiger partial charge in [0.25, 0.3) is 5.91 Å². The van der Waals surface area contributed by atoms with Gasteiger partial charge in [-0.05, 0) is 61.4 Å². The van der Waals surface area contributed by atoms with E-state index in [1.165, 1.54) is 12.0 Å². The van der Waals surface area contributed by atoms with Crippen molar-refractivity contribution in [2.75, 3.05) is 47.4 Å². The summed E-state index contributed by atoms with van der Waals surface area (Å²) in [6.45, 7) is 5.81. The number of hydrogen-bond donors (Lipinski definition) is 0. The lowest BCUT2D eigenvalue weighted by Crippen LogP contribution is -2.52. The van der Waals surface area contributed by atoms with Crippen LogP contribution in [0.4, 0.5) is 17.1 Å². The average molecular weight is 535 g/mol. The molecule has 3 heterocycles. The van der Waals surface area contributed by atoms with Gasteiger partial charge in [0.15, 0.2) is 5.76 Å². The van der Waals surface area contributed by atoms with E-state index in [1.807, 2.05) is 72.5 Å². The molecule has 0 N–H and O–H groups in total. The van der Waals surface area contributed by atoms with Crippen LogP contribution < -0.4 is 14.7 Å². The van der Waals surface area contributed by atoms with Crippen LogP contribution in [-0.4, -0.2) is 55.5 Å². The molecule has 3 aromatic carbocycles. The lowest BCUT2D eigenvalue weighted by Gasteiger charge is -2.44. The number of rotatable bonds is 6. The van der Waals surface area contributed by atoms with E-state index in [2.05, 4.69) is 34.1 Å². The van der Waals surface area contributed by atoms with E-state index in [-0.39, 0.29) is 23.9 Å². The third-order valence-corrected chi connectivity index (χ3v) is 7.98. The maximum Gasteiger partial charge on any atom is 0.294 e. The number of carbonyl (C=O) groups is 2. The van der Waals surface area contributed by atoms with Crippen molar-refractivity contribution in [1.82, 2.24) is 4.90 Å². The van der Waals surface area contributed by atoms with Crippen molar-refractivity contribution in [2.45, 2.75) is 25.4 Å². The van der Waals surface area contributed by atoms with Gasteiger partial charge in [-0.25, -0.2) is 0 Å². The van der Waals surface area contributed by atoms with E-state index >= 15 is 0 Å². The Balaban J connectivity index is 1.26. The summed E-state index contributed by atoms with van der Waals surface area (Å²) in [5, 5.41) is 0. The van der Waals surface area contributed by atoms with Gasteiger partial charge in [0.05, 0.1) is 18.8 Å². The highest BCUT2D eigenvalue weighted by molar-refractivity contribution is 6.06. The Morgan fingerprint density at radius 3 is 2.20 bits per heavy atom. The van der Waals surface area contributed by atoms with Crippen LogP contribution >= 0.6 is 0 Å². The molecule has 0 bridgehead atoms. The van der Waals surface area contributed by atoms with Gasteiger partial charge in [-0.1, -0.05) is 54.6 Å². The van der Waals surface area contributed by atoms with Gasteiger partial charge in [-0.15, -0.1) is 0 Å². The molecule has 2 aliphatic rings. The first-order chi connectivity index (χ1) is 19.6. The molecular formula is C33H34N4O3. The number of benzene rings is 3. The molecule has 1 fully saturated rings. The predicted octanol–water partition coefficient (Wildman–Crippen LogP) is 5.62. The molecular weight excluding hydrogens is 500 g/mol. The molecule has 1 saturated heterocycles. The predicted molar refractivity (Wildman–Crippen MR) is 158 cm³/mol. The lowest BCUT2D eigenvalue weighted by atomic mass is 9.89. The van der Waals surface area contributed by atoms with Gasteiger partial charge >= 0.3 is 0 Å². The van der Waals surface area contributed by atoms with Gasteiger partial charge in [0, 0.05) is 49.3 Å². The van der Waals surface area contributed by atoms with Gasteiger partial charge in [-0.3, -0.25) is 14.5 Å². The van der Waals surface area contributed by atoms with Crippen LogP contribution in [0.5, 0.6) is 0 Å². The maximum atomic E-state index is 14.2. The zero-order valence-corrected chi connectivity index (χ0v) is 22.7. The zero-order chi connectivity index (χ0) is 27.5. The van der Waals surface area contributed by atoms with E-state index in [1.54, 1.807) is 17.0 Å². The number of furan rings is 1. The van der Waals surface area contributed by atoms with Crippen molar-refractivity contribution in [3.8, 4) is 0 Å². The summed E-state index contributed by atoms with van der Waals surface area (Å²) in [7, 11) is 0. The largest absolute Gasteiger partial charge is 0.459 e. The summed E-state index contributed by atoms with van der Waals surface area (Å²) in [6, 6.07) is 31.4. The van der Waals surface area contributed by atoms with Gasteiger partial charge in [-0.2, -0.15) is 0 Å². The summed E-state index contributed by atoms with van der Waals surface area (Å²) >= 11 is 0. The molecule has 2 aliphatic heterocycles. The highest BCUT2D eigenvalue weighted by atomic mass is 16.3. The molecule has 0 spiro atoms. The number of amides is 2.